The van der Waals surface area contributed by atoms with E-state index in [4.69, 9.17) is 14.3 Å². The van der Waals surface area contributed by atoms with Crippen LogP contribution in [0.1, 0.15) is 48.3 Å². The van der Waals surface area contributed by atoms with Crippen molar-refractivity contribution in [2.45, 2.75) is 39.0 Å². The van der Waals surface area contributed by atoms with Crippen LogP contribution in [0.25, 0.3) is 0 Å². The minimum atomic E-state index is -1.16. The molecule has 2 heterocycles. The number of carbonyl (C=O) groups is 2. The van der Waals surface area contributed by atoms with E-state index in [1.807, 2.05) is 19.9 Å². The molecule has 2 N–H and O–H groups in total. The van der Waals surface area contributed by atoms with Crippen molar-refractivity contribution in [1.82, 2.24) is 0 Å². The van der Waals surface area contributed by atoms with E-state index in [1.165, 1.54) is 12.1 Å². The van der Waals surface area contributed by atoms with Crippen LogP contribution in [0.4, 0.5) is 5.69 Å². The van der Waals surface area contributed by atoms with Gasteiger partial charge >= 0.3 is 5.97 Å². The lowest BCUT2D eigenvalue weighted by Gasteiger charge is -2.25. The van der Waals surface area contributed by atoms with Crippen LogP contribution in [0.15, 0.2) is 40.8 Å². The molecule has 0 spiro atoms. The number of nitrogens with zero attached hydrogens (tertiary/aromatic N) is 2. The highest BCUT2D eigenvalue weighted by molar-refractivity contribution is 5.99. The summed E-state index contributed by atoms with van der Waals surface area (Å²) in [6.07, 6.45) is -0.257. The van der Waals surface area contributed by atoms with E-state index in [-0.39, 0.29) is 36.8 Å². The average molecular weight is 412 g/mol. The second-order valence-electron chi connectivity index (χ2n) is 7.65. The lowest BCUT2D eigenvalue weighted by Crippen LogP contribution is -2.36. The van der Waals surface area contributed by atoms with Gasteiger partial charge in [-0.25, -0.2) is 4.79 Å². The van der Waals surface area contributed by atoms with Crippen LogP contribution in [0.2, 0.25) is 0 Å². The van der Waals surface area contributed by atoms with Crippen molar-refractivity contribution in [1.29, 1.82) is 5.26 Å². The minimum absolute atomic E-state index is 0.0581. The van der Waals surface area contributed by atoms with E-state index < -0.39 is 18.0 Å². The van der Waals surface area contributed by atoms with Gasteiger partial charge in [-0.15, -0.1) is 0 Å². The Bertz CT molecular complexity index is 943. The van der Waals surface area contributed by atoms with Crippen LogP contribution >= 0.6 is 0 Å². The Morgan fingerprint density at radius 3 is 2.57 bits per heavy atom. The summed E-state index contributed by atoms with van der Waals surface area (Å²) in [6, 6.07) is 11.7. The Labute approximate surface area is 174 Å². The van der Waals surface area contributed by atoms with Crippen molar-refractivity contribution in [3.8, 4) is 6.07 Å². The minimum Gasteiger partial charge on any atom is -0.475 e. The van der Waals surface area contributed by atoms with Crippen LogP contribution < -0.4 is 4.90 Å². The summed E-state index contributed by atoms with van der Waals surface area (Å²) in [4.78, 5) is 25.1. The number of carbonyl (C=O) groups excluding carboxylic acids is 1. The highest BCUT2D eigenvalue weighted by Crippen LogP contribution is 2.32. The zero-order valence-electron chi connectivity index (χ0n) is 16.8. The number of furan rings is 1. The SMILES string of the molecule is CC(C)C(O)c1ccc(N2C(=O)C(C#N)CC2COCc2ccc(C(=O)O)o2)cc1. The Hall–Kier alpha value is -3.15. The summed E-state index contributed by atoms with van der Waals surface area (Å²) < 4.78 is 10.8. The van der Waals surface area contributed by atoms with Crippen LogP contribution in [0, 0.1) is 23.2 Å². The lowest BCUT2D eigenvalue weighted by molar-refractivity contribution is -0.119. The normalized spacial score (nSPS) is 19.8. The highest BCUT2D eigenvalue weighted by Gasteiger charge is 2.40. The molecule has 1 amide bonds. The van der Waals surface area contributed by atoms with E-state index in [2.05, 4.69) is 0 Å². The van der Waals surface area contributed by atoms with Crippen LogP contribution in [0.5, 0.6) is 0 Å². The van der Waals surface area contributed by atoms with Crippen molar-refractivity contribution < 1.29 is 29.0 Å². The molecular weight excluding hydrogens is 388 g/mol. The lowest BCUT2D eigenvalue weighted by atomic mass is 9.99. The van der Waals surface area contributed by atoms with Gasteiger partial charge in [0.1, 0.15) is 18.3 Å². The molecule has 0 radical (unpaired) electrons. The number of aliphatic hydroxyl groups is 1. The van der Waals surface area contributed by atoms with Gasteiger partial charge in [0.05, 0.1) is 24.8 Å². The predicted molar refractivity (Wildman–Crippen MR) is 107 cm³/mol. The summed E-state index contributed by atoms with van der Waals surface area (Å²) in [7, 11) is 0. The molecule has 1 aromatic heterocycles. The number of hydrogen-bond donors (Lipinski definition) is 2. The van der Waals surface area contributed by atoms with Gasteiger partial charge in [0.15, 0.2) is 0 Å². The molecule has 0 saturated carbocycles. The number of rotatable bonds is 8. The Kier molecular flexibility index (Phi) is 6.55. The maximum absolute atomic E-state index is 12.7. The van der Waals surface area contributed by atoms with Crippen molar-refractivity contribution in [3.63, 3.8) is 0 Å². The zero-order valence-corrected chi connectivity index (χ0v) is 16.8. The van der Waals surface area contributed by atoms with Gasteiger partial charge in [-0.1, -0.05) is 26.0 Å². The molecule has 0 bridgehead atoms. The number of ether oxygens (including phenoxy) is 1. The van der Waals surface area contributed by atoms with Crippen molar-refractivity contribution in [2.75, 3.05) is 11.5 Å². The second-order valence-corrected chi connectivity index (χ2v) is 7.65. The molecule has 1 aliphatic heterocycles. The largest absolute Gasteiger partial charge is 0.475 e. The molecule has 8 heteroatoms. The average Bonchev–Trinajstić information content (AvgIpc) is 3.32. The van der Waals surface area contributed by atoms with Crippen LogP contribution in [-0.2, 0) is 16.1 Å². The number of amides is 1. The van der Waals surface area contributed by atoms with Gasteiger partial charge in [0, 0.05) is 5.69 Å². The molecule has 1 saturated heterocycles. The molecule has 3 unspecified atom stereocenters. The second kappa shape index (κ2) is 9.11. The van der Waals surface area contributed by atoms with Gasteiger partial charge < -0.3 is 24.3 Å². The molecule has 3 atom stereocenters. The van der Waals surface area contributed by atoms with E-state index in [1.54, 1.807) is 29.2 Å². The Balaban J connectivity index is 1.70. The van der Waals surface area contributed by atoms with Gasteiger partial charge in [-0.05, 0) is 42.2 Å². The monoisotopic (exact) mass is 412 g/mol. The third-order valence-corrected chi connectivity index (χ3v) is 5.14. The molecular formula is C22H24N2O6. The first-order valence-corrected chi connectivity index (χ1v) is 9.72. The van der Waals surface area contributed by atoms with E-state index in [0.717, 1.165) is 5.56 Å². The van der Waals surface area contributed by atoms with Crippen molar-refractivity contribution >= 4 is 17.6 Å². The maximum Gasteiger partial charge on any atom is 0.371 e. The van der Waals surface area contributed by atoms with Crippen LogP contribution in [0.3, 0.4) is 0 Å². The molecule has 1 fully saturated rings. The molecule has 0 aliphatic carbocycles. The van der Waals surface area contributed by atoms with Gasteiger partial charge in [0.2, 0.25) is 11.7 Å². The zero-order chi connectivity index (χ0) is 21.8. The third kappa shape index (κ3) is 4.53. The quantitative estimate of drug-likeness (QED) is 0.682. The fraction of sp³-hybridized carbons (Fsp3) is 0.409. The summed E-state index contributed by atoms with van der Waals surface area (Å²) in [6.45, 7) is 4.07. The summed E-state index contributed by atoms with van der Waals surface area (Å²) in [5, 5.41) is 28.4. The number of carboxylic acids is 1. The number of hydrogen-bond acceptors (Lipinski definition) is 6. The highest BCUT2D eigenvalue weighted by atomic mass is 16.5. The van der Waals surface area contributed by atoms with E-state index in [0.29, 0.717) is 17.9 Å². The van der Waals surface area contributed by atoms with E-state index >= 15 is 0 Å². The predicted octanol–water partition coefficient (Wildman–Crippen LogP) is 3.13. The number of aliphatic hydroxyl groups excluding tert-OH is 1. The van der Waals surface area contributed by atoms with Gasteiger partial charge in [-0.3, -0.25) is 4.79 Å². The molecule has 1 aromatic carbocycles. The first-order valence-electron chi connectivity index (χ1n) is 9.72. The summed E-state index contributed by atoms with van der Waals surface area (Å²) in [5.41, 5.74) is 1.40. The number of benzene rings is 1. The number of anilines is 1. The fourth-order valence-electron chi connectivity index (χ4n) is 3.50. The van der Waals surface area contributed by atoms with E-state index in [9.17, 15) is 20.0 Å². The molecule has 2 aromatic rings. The van der Waals surface area contributed by atoms with Gasteiger partial charge in [0.25, 0.3) is 0 Å². The Morgan fingerprint density at radius 2 is 2.00 bits per heavy atom. The molecule has 1 aliphatic rings. The third-order valence-electron chi connectivity index (χ3n) is 5.14. The molecule has 8 nitrogen and oxygen atoms in total. The number of carboxylic acid groups (broad SMARTS) is 1. The number of nitriles is 1. The van der Waals surface area contributed by atoms with Crippen LogP contribution in [-0.4, -0.2) is 34.7 Å². The number of aromatic carboxylic acids is 1. The van der Waals surface area contributed by atoms with Crippen molar-refractivity contribution in [3.05, 3.63) is 53.5 Å². The first kappa shape index (κ1) is 21.6. The standard InChI is InChI=1S/C22H24N2O6/c1-13(2)20(25)14-3-5-16(6-4-14)24-17(9-15(10-23)21(24)26)11-29-12-18-7-8-19(30-18)22(27)28/h3-8,13,15,17,20,25H,9,11-12H2,1-2H3,(H,27,28). The maximum atomic E-state index is 12.7. The smallest absolute Gasteiger partial charge is 0.371 e. The van der Waals surface area contributed by atoms with Gasteiger partial charge in [-0.2, -0.15) is 5.26 Å². The first-order chi connectivity index (χ1) is 14.3. The Morgan fingerprint density at radius 1 is 1.30 bits per heavy atom. The fourth-order valence-corrected chi connectivity index (χ4v) is 3.50. The molecule has 3 rings (SSSR count). The summed E-state index contributed by atoms with van der Waals surface area (Å²) in [5.74, 6) is -1.92. The summed E-state index contributed by atoms with van der Waals surface area (Å²) >= 11 is 0. The molecule has 158 valence electrons. The molecule has 30 heavy (non-hydrogen) atoms. The topological polar surface area (TPSA) is 124 Å². The van der Waals surface area contributed by atoms with Crippen molar-refractivity contribution in [2.24, 2.45) is 11.8 Å².